The first-order valence-electron chi connectivity index (χ1n) is 11.9. The molecule has 1 amide bonds. The Morgan fingerprint density at radius 2 is 1.70 bits per heavy atom. The Labute approximate surface area is 180 Å². The van der Waals surface area contributed by atoms with E-state index in [9.17, 15) is 9.90 Å². The summed E-state index contributed by atoms with van der Waals surface area (Å²) in [6.45, 7) is 6.55. The van der Waals surface area contributed by atoms with Crippen LogP contribution < -0.4 is 9.64 Å². The standard InChI is InChI=1S/C24H37N3O3/c28-19-12-23-24(29)27(21-10-4-5-11-22(21)30-23)14-7-6-13-25-15-17-26(18-16-25)20-8-2-1-3-9-20/h4-5,10-11,20,23,28H,1-3,6-9,12-19H2. The number of ether oxygens (including phenoxy) is 1. The summed E-state index contributed by atoms with van der Waals surface area (Å²) in [5.41, 5.74) is 0.859. The summed E-state index contributed by atoms with van der Waals surface area (Å²) < 4.78 is 5.81. The molecule has 1 aliphatic carbocycles. The first-order chi connectivity index (χ1) is 14.8. The Kier molecular flexibility index (Phi) is 7.63. The van der Waals surface area contributed by atoms with E-state index in [1.165, 1.54) is 58.3 Å². The van der Waals surface area contributed by atoms with Gasteiger partial charge in [0, 0.05) is 51.8 Å². The summed E-state index contributed by atoms with van der Waals surface area (Å²) in [4.78, 5) is 20.0. The number of aliphatic hydroxyl groups excluding tert-OH is 1. The van der Waals surface area contributed by atoms with Crippen molar-refractivity contribution in [2.24, 2.45) is 0 Å². The normalized spacial score (nSPS) is 24.0. The fourth-order valence-electron chi connectivity index (χ4n) is 5.21. The van der Waals surface area contributed by atoms with Crippen molar-refractivity contribution in [3.63, 3.8) is 0 Å². The average molecular weight is 416 g/mol. The number of nitrogens with zero attached hydrogens (tertiary/aromatic N) is 3. The highest BCUT2D eigenvalue weighted by Gasteiger charge is 2.33. The first-order valence-corrected chi connectivity index (χ1v) is 11.9. The number of aliphatic hydroxyl groups is 1. The molecule has 4 rings (SSSR count). The van der Waals surface area contributed by atoms with Crippen LogP contribution in [0.25, 0.3) is 0 Å². The molecule has 2 fully saturated rings. The second-order valence-electron chi connectivity index (χ2n) is 8.95. The number of para-hydroxylation sites is 2. The third kappa shape index (κ3) is 5.16. The number of hydrogen-bond acceptors (Lipinski definition) is 5. The molecular weight excluding hydrogens is 378 g/mol. The fraction of sp³-hybridized carbons (Fsp3) is 0.708. The highest BCUT2D eigenvalue weighted by molar-refractivity contribution is 5.99. The summed E-state index contributed by atoms with van der Waals surface area (Å²) in [5, 5.41) is 9.27. The van der Waals surface area contributed by atoms with E-state index in [2.05, 4.69) is 9.80 Å². The van der Waals surface area contributed by atoms with Crippen molar-refractivity contribution in [2.75, 3.05) is 50.8 Å². The molecule has 6 nitrogen and oxygen atoms in total. The molecule has 0 aromatic heterocycles. The maximum absolute atomic E-state index is 12.8. The molecule has 0 bridgehead atoms. The second-order valence-corrected chi connectivity index (χ2v) is 8.95. The van der Waals surface area contributed by atoms with Crippen molar-refractivity contribution in [1.82, 2.24) is 9.80 Å². The highest BCUT2D eigenvalue weighted by Crippen LogP contribution is 2.34. The summed E-state index contributed by atoms with van der Waals surface area (Å²) >= 11 is 0. The Hall–Kier alpha value is -1.63. The van der Waals surface area contributed by atoms with E-state index in [0.29, 0.717) is 13.0 Å². The van der Waals surface area contributed by atoms with Gasteiger partial charge in [0.1, 0.15) is 5.75 Å². The van der Waals surface area contributed by atoms with Gasteiger partial charge in [-0.3, -0.25) is 9.69 Å². The summed E-state index contributed by atoms with van der Waals surface area (Å²) in [6, 6.07) is 8.56. The Morgan fingerprint density at radius 3 is 2.47 bits per heavy atom. The van der Waals surface area contributed by atoms with Crippen molar-refractivity contribution in [1.29, 1.82) is 0 Å². The van der Waals surface area contributed by atoms with Gasteiger partial charge in [-0.05, 0) is 44.4 Å². The zero-order valence-electron chi connectivity index (χ0n) is 18.2. The number of fused-ring (bicyclic) bond motifs is 1. The lowest BCUT2D eigenvalue weighted by atomic mass is 9.94. The number of carbonyl (C=O) groups excluding carboxylic acids is 1. The lowest BCUT2D eigenvalue weighted by Crippen LogP contribution is -2.51. The minimum Gasteiger partial charge on any atom is -0.478 e. The van der Waals surface area contributed by atoms with Gasteiger partial charge in [0.05, 0.1) is 5.69 Å². The van der Waals surface area contributed by atoms with Gasteiger partial charge in [-0.1, -0.05) is 31.4 Å². The van der Waals surface area contributed by atoms with E-state index in [1.807, 2.05) is 29.2 Å². The predicted octanol–water partition coefficient (Wildman–Crippen LogP) is 2.89. The van der Waals surface area contributed by atoms with Crippen LogP contribution in [0, 0.1) is 0 Å². The van der Waals surface area contributed by atoms with E-state index in [-0.39, 0.29) is 12.5 Å². The molecule has 0 spiro atoms. The van der Waals surface area contributed by atoms with Crippen LogP contribution in [0.15, 0.2) is 24.3 Å². The van der Waals surface area contributed by atoms with Crippen LogP contribution >= 0.6 is 0 Å². The smallest absolute Gasteiger partial charge is 0.268 e. The number of carbonyl (C=O) groups is 1. The van der Waals surface area contributed by atoms with E-state index in [0.717, 1.165) is 36.9 Å². The van der Waals surface area contributed by atoms with Gasteiger partial charge in [-0.25, -0.2) is 0 Å². The lowest BCUT2D eigenvalue weighted by molar-refractivity contribution is -0.127. The van der Waals surface area contributed by atoms with Crippen molar-refractivity contribution >= 4 is 11.6 Å². The maximum atomic E-state index is 12.8. The number of hydrogen-bond donors (Lipinski definition) is 1. The van der Waals surface area contributed by atoms with Crippen LogP contribution in [0.5, 0.6) is 5.75 Å². The third-order valence-corrected chi connectivity index (χ3v) is 6.96. The van der Waals surface area contributed by atoms with E-state index in [1.54, 1.807) is 0 Å². The SMILES string of the molecule is O=C1C(CCO)Oc2ccccc2N1CCCCN1CCN(C2CCCCC2)CC1. The van der Waals surface area contributed by atoms with Crippen LogP contribution in [0.2, 0.25) is 0 Å². The number of unbranched alkanes of at least 4 members (excludes halogenated alkanes) is 1. The number of piperazine rings is 1. The molecule has 6 heteroatoms. The molecule has 2 aliphatic heterocycles. The van der Waals surface area contributed by atoms with Crippen LogP contribution in [-0.2, 0) is 4.79 Å². The van der Waals surface area contributed by atoms with E-state index in [4.69, 9.17) is 4.74 Å². The monoisotopic (exact) mass is 415 g/mol. The van der Waals surface area contributed by atoms with Crippen LogP contribution in [-0.4, -0.2) is 78.8 Å². The van der Waals surface area contributed by atoms with Gasteiger partial charge in [-0.15, -0.1) is 0 Å². The van der Waals surface area contributed by atoms with Crippen molar-refractivity contribution in [3.05, 3.63) is 24.3 Å². The van der Waals surface area contributed by atoms with Crippen LogP contribution in [0.4, 0.5) is 5.69 Å². The third-order valence-electron chi connectivity index (χ3n) is 6.96. The van der Waals surface area contributed by atoms with Gasteiger partial charge < -0.3 is 19.6 Å². The minimum atomic E-state index is -0.572. The molecule has 1 aromatic rings. The summed E-state index contributed by atoms with van der Waals surface area (Å²) in [7, 11) is 0. The fourth-order valence-corrected chi connectivity index (χ4v) is 5.21. The molecule has 1 N–H and O–H groups in total. The van der Waals surface area contributed by atoms with Gasteiger partial charge in [-0.2, -0.15) is 0 Å². The quantitative estimate of drug-likeness (QED) is 0.662. The summed E-state index contributed by atoms with van der Waals surface area (Å²) in [5.74, 6) is 0.721. The topological polar surface area (TPSA) is 56.3 Å². The lowest BCUT2D eigenvalue weighted by Gasteiger charge is -2.41. The largest absolute Gasteiger partial charge is 0.478 e. The molecule has 0 radical (unpaired) electrons. The molecule has 1 aromatic carbocycles. The molecule has 1 saturated heterocycles. The second kappa shape index (κ2) is 10.6. The zero-order valence-corrected chi connectivity index (χ0v) is 18.2. The van der Waals surface area contributed by atoms with Gasteiger partial charge in [0.15, 0.2) is 6.10 Å². The predicted molar refractivity (Wildman–Crippen MR) is 119 cm³/mol. The molecule has 1 saturated carbocycles. The van der Waals surface area contributed by atoms with Gasteiger partial charge >= 0.3 is 0 Å². The van der Waals surface area contributed by atoms with Crippen molar-refractivity contribution in [3.8, 4) is 5.75 Å². The molecule has 3 aliphatic rings. The average Bonchev–Trinajstić information content (AvgIpc) is 2.80. The number of anilines is 1. The first kappa shape index (κ1) is 21.6. The van der Waals surface area contributed by atoms with Crippen LogP contribution in [0.3, 0.4) is 0 Å². The van der Waals surface area contributed by atoms with Gasteiger partial charge in [0.2, 0.25) is 0 Å². The zero-order chi connectivity index (χ0) is 20.8. The molecule has 1 atom stereocenters. The Morgan fingerprint density at radius 1 is 0.967 bits per heavy atom. The summed E-state index contributed by atoms with van der Waals surface area (Å²) in [6.07, 6.45) is 8.88. The Bertz CT molecular complexity index is 684. The van der Waals surface area contributed by atoms with E-state index < -0.39 is 6.10 Å². The number of benzene rings is 1. The molecular formula is C24H37N3O3. The van der Waals surface area contributed by atoms with Crippen molar-refractivity contribution < 1.29 is 14.6 Å². The number of rotatable bonds is 8. The Balaban J connectivity index is 1.22. The van der Waals surface area contributed by atoms with Crippen LogP contribution in [0.1, 0.15) is 51.4 Å². The number of amides is 1. The van der Waals surface area contributed by atoms with Gasteiger partial charge in [0.25, 0.3) is 5.91 Å². The van der Waals surface area contributed by atoms with E-state index >= 15 is 0 Å². The maximum Gasteiger partial charge on any atom is 0.268 e. The molecule has 166 valence electrons. The molecule has 1 unspecified atom stereocenters. The minimum absolute atomic E-state index is 0.0242. The van der Waals surface area contributed by atoms with Crippen molar-refractivity contribution in [2.45, 2.75) is 63.5 Å². The molecule has 2 heterocycles. The molecule has 30 heavy (non-hydrogen) atoms. The highest BCUT2D eigenvalue weighted by atomic mass is 16.5.